The Kier molecular flexibility index (Phi) is 6.50. The minimum atomic E-state index is 0.533. The van der Waals surface area contributed by atoms with Gasteiger partial charge in [-0.3, -0.25) is 0 Å². The van der Waals surface area contributed by atoms with Crippen LogP contribution in [0, 0.1) is 12.8 Å². The summed E-state index contributed by atoms with van der Waals surface area (Å²) in [5.74, 6) is 1.43. The summed E-state index contributed by atoms with van der Waals surface area (Å²) in [6, 6.07) is 3.84. The van der Waals surface area contributed by atoms with E-state index in [9.17, 15) is 0 Å². The van der Waals surface area contributed by atoms with E-state index in [2.05, 4.69) is 29.8 Å². The minimum absolute atomic E-state index is 0.533. The number of hydrogen-bond donors (Lipinski definition) is 1. The number of nitrogens with two attached hydrogens (primary N) is 1. The highest BCUT2D eigenvalue weighted by Crippen LogP contribution is 2.29. The molecule has 3 nitrogen and oxygen atoms in total. The first kappa shape index (κ1) is 15.3. The molecule has 2 N–H and O–H groups in total. The van der Waals surface area contributed by atoms with Crippen molar-refractivity contribution in [1.82, 2.24) is 0 Å². The Hall–Kier alpha value is -0.740. The van der Waals surface area contributed by atoms with Gasteiger partial charge in [0.2, 0.25) is 0 Å². The number of aryl methyl sites for hydroxylation is 1. The maximum atomic E-state index is 5.91. The highest BCUT2D eigenvalue weighted by atomic mass is 79.9. The molecule has 4 heteroatoms. The molecule has 1 aromatic rings. The first-order chi connectivity index (χ1) is 8.50. The largest absolute Gasteiger partial charge is 0.489 e. The summed E-state index contributed by atoms with van der Waals surface area (Å²) in [7, 11) is 0. The summed E-state index contributed by atoms with van der Waals surface area (Å²) in [6.45, 7) is 8.27. The van der Waals surface area contributed by atoms with E-state index in [0.717, 1.165) is 28.8 Å². The monoisotopic (exact) mass is 315 g/mol. The maximum absolute atomic E-state index is 5.91. The van der Waals surface area contributed by atoms with Crippen LogP contribution in [0.1, 0.15) is 25.8 Å². The van der Waals surface area contributed by atoms with Crippen LogP contribution in [0.25, 0.3) is 0 Å². The van der Waals surface area contributed by atoms with E-state index >= 15 is 0 Å². The lowest BCUT2D eigenvalue weighted by atomic mass is 10.1. The maximum Gasteiger partial charge on any atom is 0.145 e. The minimum Gasteiger partial charge on any atom is -0.489 e. The van der Waals surface area contributed by atoms with Gasteiger partial charge in [0.05, 0.1) is 12.3 Å². The number of halogens is 1. The molecule has 0 spiro atoms. The molecular formula is C14H22BrNO2. The first-order valence-corrected chi connectivity index (χ1v) is 7.06. The number of ether oxygens (including phenoxy) is 2. The van der Waals surface area contributed by atoms with Gasteiger partial charge in [0, 0.05) is 11.1 Å². The molecule has 0 heterocycles. The molecule has 1 rings (SSSR count). The van der Waals surface area contributed by atoms with Gasteiger partial charge in [-0.1, -0.05) is 29.8 Å². The number of benzene rings is 1. The zero-order valence-corrected chi connectivity index (χ0v) is 12.9. The molecule has 0 aliphatic heterocycles. The summed E-state index contributed by atoms with van der Waals surface area (Å²) in [6.07, 6.45) is 1.08. The van der Waals surface area contributed by atoms with Gasteiger partial charge in [-0.25, -0.2) is 0 Å². The second-order valence-electron chi connectivity index (χ2n) is 4.78. The van der Waals surface area contributed by atoms with Crippen LogP contribution in [0.2, 0.25) is 0 Å². The van der Waals surface area contributed by atoms with Crippen LogP contribution in [-0.2, 0) is 4.74 Å². The van der Waals surface area contributed by atoms with Crippen molar-refractivity contribution in [3.05, 3.63) is 22.2 Å². The van der Waals surface area contributed by atoms with Crippen molar-refractivity contribution in [3.8, 4) is 5.75 Å². The molecule has 0 radical (unpaired) electrons. The lowest BCUT2D eigenvalue weighted by Gasteiger charge is -2.12. The van der Waals surface area contributed by atoms with Crippen LogP contribution in [0.3, 0.4) is 0 Å². The standard InChI is InChI=1S/C14H22BrNO2/c1-10(2)4-5-17-6-7-18-14-11(3)8-12(15)9-13(14)16/h8-10H,4-7,16H2,1-3H3. The molecule has 0 aliphatic rings. The van der Waals surface area contributed by atoms with Gasteiger partial charge in [-0.05, 0) is 37.0 Å². The van der Waals surface area contributed by atoms with E-state index in [0.29, 0.717) is 24.8 Å². The third kappa shape index (κ3) is 5.27. The Balaban J connectivity index is 2.31. The van der Waals surface area contributed by atoms with Crippen molar-refractivity contribution in [2.24, 2.45) is 5.92 Å². The fraction of sp³-hybridized carbons (Fsp3) is 0.571. The molecule has 0 amide bonds. The Bertz CT molecular complexity index is 357. The third-order valence-corrected chi connectivity index (χ3v) is 3.04. The molecule has 102 valence electrons. The summed E-state index contributed by atoms with van der Waals surface area (Å²) < 4.78 is 12.1. The molecule has 0 atom stereocenters. The zero-order chi connectivity index (χ0) is 13.5. The second kappa shape index (κ2) is 7.64. The van der Waals surface area contributed by atoms with Gasteiger partial charge in [0.15, 0.2) is 0 Å². The van der Waals surface area contributed by atoms with Gasteiger partial charge in [0.25, 0.3) is 0 Å². The van der Waals surface area contributed by atoms with Crippen molar-refractivity contribution in [2.75, 3.05) is 25.6 Å². The SMILES string of the molecule is Cc1cc(Br)cc(N)c1OCCOCCC(C)C. The fourth-order valence-corrected chi connectivity index (χ4v) is 2.17. The molecule has 1 aromatic carbocycles. The number of anilines is 1. The van der Waals surface area contributed by atoms with Crippen LogP contribution in [0.15, 0.2) is 16.6 Å². The highest BCUT2D eigenvalue weighted by Gasteiger charge is 2.06. The number of nitrogen functional groups attached to an aromatic ring is 1. The van der Waals surface area contributed by atoms with Gasteiger partial charge >= 0.3 is 0 Å². The van der Waals surface area contributed by atoms with Crippen LogP contribution in [-0.4, -0.2) is 19.8 Å². The van der Waals surface area contributed by atoms with Gasteiger partial charge in [0.1, 0.15) is 12.4 Å². The van der Waals surface area contributed by atoms with Crippen molar-refractivity contribution < 1.29 is 9.47 Å². The second-order valence-corrected chi connectivity index (χ2v) is 5.70. The lowest BCUT2D eigenvalue weighted by Crippen LogP contribution is -2.10. The molecule has 0 aliphatic carbocycles. The van der Waals surface area contributed by atoms with E-state index in [4.69, 9.17) is 15.2 Å². The smallest absolute Gasteiger partial charge is 0.145 e. The molecule has 0 saturated heterocycles. The fourth-order valence-electron chi connectivity index (χ4n) is 1.58. The van der Waals surface area contributed by atoms with E-state index in [-0.39, 0.29) is 0 Å². The molecular weight excluding hydrogens is 294 g/mol. The van der Waals surface area contributed by atoms with Gasteiger partial charge in [-0.2, -0.15) is 0 Å². The number of rotatable bonds is 7. The topological polar surface area (TPSA) is 44.5 Å². The highest BCUT2D eigenvalue weighted by molar-refractivity contribution is 9.10. The Labute approximate surface area is 118 Å². The lowest BCUT2D eigenvalue weighted by molar-refractivity contribution is 0.0926. The average molecular weight is 316 g/mol. The summed E-state index contributed by atoms with van der Waals surface area (Å²) >= 11 is 3.40. The van der Waals surface area contributed by atoms with Crippen molar-refractivity contribution >= 4 is 21.6 Å². The Morgan fingerprint density at radius 1 is 1.22 bits per heavy atom. The quantitative estimate of drug-likeness (QED) is 0.615. The van der Waals surface area contributed by atoms with E-state index < -0.39 is 0 Å². The molecule has 0 aromatic heterocycles. The first-order valence-electron chi connectivity index (χ1n) is 6.27. The zero-order valence-electron chi connectivity index (χ0n) is 11.3. The van der Waals surface area contributed by atoms with Crippen molar-refractivity contribution in [1.29, 1.82) is 0 Å². The van der Waals surface area contributed by atoms with E-state index in [1.165, 1.54) is 0 Å². The van der Waals surface area contributed by atoms with Crippen LogP contribution in [0.4, 0.5) is 5.69 Å². The van der Waals surface area contributed by atoms with Gasteiger partial charge < -0.3 is 15.2 Å². The Morgan fingerprint density at radius 2 is 1.94 bits per heavy atom. The molecule has 0 bridgehead atoms. The van der Waals surface area contributed by atoms with Crippen LogP contribution < -0.4 is 10.5 Å². The summed E-state index contributed by atoms with van der Waals surface area (Å²) in [4.78, 5) is 0. The molecule has 0 unspecified atom stereocenters. The van der Waals surface area contributed by atoms with Crippen molar-refractivity contribution in [2.45, 2.75) is 27.2 Å². The van der Waals surface area contributed by atoms with Crippen LogP contribution in [0.5, 0.6) is 5.75 Å². The predicted molar refractivity (Wildman–Crippen MR) is 79.1 cm³/mol. The van der Waals surface area contributed by atoms with E-state index in [1.807, 2.05) is 19.1 Å². The summed E-state index contributed by atoms with van der Waals surface area (Å²) in [5, 5.41) is 0. The Morgan fingerprint density at radius 3 is 2.56 bits per heavy atom. The number of hydrogen-bond acceptors (Lipinski definition) is 3. The molecule has 0 saturated carbocycles. The molecule has 18 heavy (non-hydrogen) atoms. The third-order valence-electron chi connectivity index (χ3n) is 2.58. The van der Waals surface area contributed by atoms with Gasteiger partial charge in [-0.15, -0.1) is 0 Å². The van der Waals surface area contributed by atoms with Crippen LogP contribution >= 0.6 is 15.9 Å². The predicted octanol–water partition coefficient (Wildman–Crippen LogP) is 3.78. The average Bonchev–Trinajstić information content (AvgIpc) is 2.25. The van der Waals surface area contributed by atoms with E-state index in [1.54, 1.807) is 0 Å². The molecule has 0 fully saturated rings. The summed E-state index contributed by atoms with van der Waals surface area (Å²) in [5.41, 5.74) is 7.60. The normalized spacial score (nSPS) is 10.9. The van der Waals surface area contributed by atoms with Crippen molar-refractivity contribution in [3.63, 3.8) is 0 Å².